The second-order valence-corrected chi connectivity index (χ2v) is 8.62. The molecule has 1 aliphatic rings. The lowest BCUT2D eigenvalue weighted by atomic mass is 10.1. The molecule has 0 spiro atoms. The van der Waals surface area contributed by atoms with Crippen LogP contribution >= 0.6 is 0 Å². The third-order valence-electron chi connectivity index (χ3n) is 4.64. The van der Waals surface area contributed by atoms with Gasteiger partial charge >= 0.3 is 0 Å². The number of sulfonamides is 1. The number of hydrogen-bond acceptors (Lipinski definition) is 5. The molecular formula is C20H24N4O4S. The predicted octanol–water partition coefficient (Wildman–Crippen LogP) is 1.52. The van der Waals surface area contributed by atoms with Crippen LogP contribution in [0.4, 0.5) is 5.69 Å². The first-order chi connectivity index (χ1) is 13.7. The standard InChI is InChI=1S/C20H24N4O4S/c1-13(14-6-10-16(11-7-14)29(21,27)28)22-12-19(25)24-18-5-3-2-4-17(18)20(26)23-15-8-9-15/h2-7,10-11,13,15,22H,8-9,12H2,1H3,(H,23,26)(H,24,25)(H2,21,27,28)/t13-/m1/s1. The second-order valence-electron chi connectivity index (χ2n) is 7.06. The first kappa shape index (κ1) is 21.0. The summed E-state index contributed by atoms with van der Waals surface area (Å²) in [5.74, 6) is -0.482. The van der Waals surface area contributed by atoms with Gasteiger partial charge in [0.1, 0.15) is 0 Å². The number of benzene rings is 2. The predicted molar refractivity (Wildman–Crippen MR) is 110 cm³/mol. The van der Waals surface area contributed by atoms with Gasteiger partial charge in [-0.3, -0.25) is 9.59 Å². The molecule has 2 aromatic carbocycles. The lowest BCUT2D eigenvalue weighted by Crippen LogP contribution is -2.31. The van der Waals surface area contributed by atoms with Crippen LogP contribution in [0.5, 0.6) is 0 Å². The highest BCUT2D eigenvalue weighted by atomic mass is 32.2. The van der Waals surface area contributed by atoms with Crippen molar-refractivity contribution in [1.29, 1.82) is 0 Å². The molecule has 0 bridgehead atoms. The third-order valence-corrected chi connectivity index (χ3v) is 5.57. The molecule has 9 heteroatoms. The van der Waals surface area contributed by atoms with Crippen LogP contribution in [-0.4, -0.2) is 32.8 Å². The number of carbonyl (C=O) groups is 2. The van der Waals surface area contributed by atoms with Gasteiger partial charge in [-0.1, -0.05) is 24.3 Å². The van der Waals surface area contributed by atoms with Crippen molar-refractivity contribution in [2.45, 2.75) is 36.7 Å². The zero-order valence-electron chi connectivity index (χ0n) is 16.0. The van der Waals surface area contributed by atoms with Crippen LogP contribution in [0, 0.1) is 0 Å². The normalized spacial score (nSPS) is 14.8. The molecule has 154 valence electrons. The fourth-order valence-electron chi connectivity index (χ4n) is 2.79. The minimum atomic E-state index is -3.74. The monoisotopic (exact) mass is 416 g/mol. The number of carbonyl (C=O) groups excluding carboxylic acids is 2. The van der Waals surface area contributed by atoms with Gasteiger partial charge in [0, 0.05) is 12.1 Å². The fourth-order valence-corrected chi connectivity index (χ4v) is 3.30. The van der Waals surface area contributed by atoms with E-state index in [1.54, 1.807) is 36.4 Å². The molecule has 0 radical (unpaired) electrons. The van der Waals surface area contributed by atoms with Crippen molar-refractivity contribution in [2.75, 3.05) is 11.9 Å². The Morgan fingerprint density at radius 3 is 2.38 bits per heavy atom. The largest absolute Gasteiger partial charge is 0.349 e. The number of hydrogen-bond donors (Lipinski definition) is 4. The maximum atomic E-state index is 12.3. The van der Waals surface area contributed by atoms with Crippen LogP contribution < -0.4 is 21.1 Å². The number of nitrogens with one attached hydrogen (secondary N) is 3. The van der Waals surface area contributed by atoms with Crippen molar-refractivity contribution in [3.8, 4) is 0 Å². The average molecular weight is 417 g/mol. The maximum absolute atomic E-state index is 12.3. The molecule has 1 atom stereocenters. The molecular weight excluding hydrogens is 392 g/mol. The van der Waals surface area contributed by atoms with Gasteiger partial charge in [-0.05, 0) is 49.6 Å². The summed E-state index contributed by atoms with van der Waals surface area (Å²) in [7, 11) is -3.74. The van der Waals surface area contributed by atoms with Gasteiger partial charge in [0.05, 0.1) is 22.7 Å². The molecule has 0 heterocycles. The van der Waals surface area contributed by atoms with Gasteiger partial charge in [-0.15, -0.1) is 0 Å². The van der Waals surface area contributed by atoms with Gasteiger partial charge in [0.15, 0.2) is 0 Å². The molecule has 1 saturated carbocycles. The Morgan fingerprint density at radius 1 is 1.10 bits per heavy atom. The van der Waals surface area contributed by atoms with Crippen LogP contribution in [0.1, 0.15) is 41.7 Å². The molecule has 2 aromatic rings. The molecule has 5 N–H and O–H groups in total. The molecule has 0 aromatic heterocycles. The number of primary sulfonamides is 1. The van der Waals surface area contributed by atoms with Gasteiger partial charge in [0.25, 0.3) is 5.91 Å². The molecule has 0 saturated heterocycles. The first-order valence-electron chi connectivity index (χ1n) is 9.30. The van der Waals surface area contributed by atoms with E-state index in [9.17, 15) is 18.0 Å². The summed E-state index contributed by atoms with van der Waals surface area (Å²) in [6.07, 6.45) is 1.97. The highest BCUT2D eigenvalue weighted by Crippen LogP contribution is 2.21. The molecule has 29 heavy (non-hydrogen) atoms. The van der Waals surface area contributed by atoms with Crippen molar-refractivity contribution in [2.24, 2.45) is 5.14 Å². The Balaban J connectivity index is 1.56. The van der Waals surface area contributed by atoms with Gasteiger partial charge < -0.3 is 16.0 Å². The molecule has 1 aliphatic carbocycles. The van der Waals surface area contributed by atoms with E-state index in [4.69, 9.17) is 5.14 Å². The minimum Gasteiger partial charge on any atom is -0.349 e. The van der Waals surface area contributed by atoms with Gasteiger partial charge in [0.2, 0.25) is 15.9 Å². The summed E-state index contributed by atoms with van der Waals surface area (Å²) in [5, 5.41) is 13.8. The summed E-state index contributed by atoms with van der Waals surface area (Å²) in [6.45, 7) is 1.88. The van der Waals surface area contributed by atoms with E-state index in [0.29, 0.717) is 11.3 Å². The van der Waals surface area contributed by atoms with E-state index in [0.717, 1.165) is 18.4 Å². The van der Waals surface area contributed by atoms with Crippen LogP contribution in [0.25, 0.3) is 0 Å². The number of amides is 2. The topological polar surface area (TPSA) is 130 Å². The zero-order chi connectivity index (χ0) is 21.0. The van der Waals surface area contributed by atoms with Gasteiger partial charge in [-0.2, -0.15) is 0 Å². The summed E-state index contributed by atoms with van der Waals surface area (Å²) in [5.41, 5.74) is 1.71. The van der Waals surface area contributed by atoms with Crippen LogP contribution in [0.15, 0.2) is 53.4 Å². The molecule has 1 fully saturated rings. The Morgan fingerprint density at radius 2 is 1.76 bits per heavy atom. The van der Waals surface area contributed by atoms with E-state index < -0.39 is 10.0 Å². The Hall–Kier alpha value is -2.75. The number of rotatable bonds is 8. The van der Waals surface area contributed by atoms with Crippen LogP contribution in [0.2, 0.25) is 0 Å². The highest BCUT2D eigenvalue weighted by Gasteiger charge is 2.25. The summed E-state index contributed by atoms with van der Waals surface area (Å²) < 4.78 is 22.6. The van der Waals surface area contributed by atoms with E-state index in [1.807, 2.05) is 6.92 Å². The van der Waals surface area contributed by atoms with Crippen molar-refractivity contribution >= 4 is 27.5 Å². The average Bonchev–Trinajstić information content (AvgIpc) is 3.50. The maximum Gasteiger partial charge on any atom is 0.253 e. The molecule has 3 rings (SSSR count). The second kappa shape index (κ2) is 8.73. The van der Waals surface area contributed by atoms with Crippen molar-refractivity contribution in [3.63, 3.8) is 0 Å². The van der Waals surface area contributed by atoms with Gasteiger partial charge in [-0.25, -0.2) is 13.6 Å². The summed E-state index contributed by atoms with van der Waals surface area (Å²) >= 11 is 0. The fraction of sp³-hybridized carbons (Fsp3) is 0.300. The Labute approximate surface area is 169 Å². The highest BCUT2D eigenvalue weighted by molar-refractivity contribution is 7.89. The number of anilines is 1. The quantitative estimate of drug-likeness (QED) is 0.518. The van der Waals surface area contributed by atoms with Crippen LogP contribution in [-0.2, 0) is 14.8 Å². The van der Waals surface area contributed by atoms with Crippen molar-refractivity contribution in [1.82, 2.24) is 10.6 Å². The molecule has 0 aliphatic heterocycles. The van der Waals surface area contributed by atoms with Crippen molar-refractivity contribution in [3.05, 3.63) is 59.7 Å². The molecule has 2 amide bonds. The lowest BCUT2D eigenvalue weighted by molar-refractivity contribution is -0.115. The summed E-state index contributed by atoms with van der Waals surface area (Å²) in [4.78, 5) is 24.7. The Kier molecular flexibility index (Phi) is 6.31. The number of nitrogens with two attached hydrogens (primary N) is 1. The zero-order valence-corrected chi connectivity index (χ0v) is 16.8. The molecule has 8 nitrogen and oxygen atoms in total. The van der Waals surface area contributed by atoms with E-state index >= 15 is 0 Å². The van der Waals surface area contributed by atoms with Crippen LogP contribution in [0.3, 0.4) is 0 Å². The smallest absolute Gasteiger partial charge is 0.253 e. The lowest BCUT2D eigenvalue weighted by Gasteiger charge is -2.15. The summed E-state index contributed by atoms with van der Waals surface area (Å²) in [6, 6.07) is 13.1. The first-order valence-corrected chi connectivity index (χ1v) is 10.8. The van der Waals surface area contributed by atoms with E-state index in [1.165, 1.54) is 12.1 Å². The SMILES string of the molecule is C[C@@H](NCC(=O)Nc1ccccc1C(=O)NC1CC1)c1ccc(S(N)(=O)=O)cc1. The Bertz CT molecular complexity index is 1000. The molecule has 0 unspecified atom stereocenters. The van der Waals surface area contributed by atoms with Crippen molar-refractivity contribution < 1.29 is 18.0 Å². The third kappa shape index (κ3) is 5.86. The number of para-hydroxylation sites is 1. The minimum absolute atomic E-state index is 0.0245. The van der Waals surface area contributed by atoms with E-state index in [2.05, 4.69) is 16.0 Å². The van der Waals surface area contributed by atoms with E-state index in [-0.39, 0.29) is 35.3 Å².